The molecule has 1 aromatic rings. The molecule has 1 rings (SSSR count). The van der Waals surface area contributed by atoms with E-state index in [0.717, 1.165) is 11.1 Å². The summed E-state index contributed by atoms with van der Waals surface area (Å²) in [5, 5.41) is 2.85. The molecule has 0 heterocycles. The highest BCUT2D eigenvalue weighted by Gasteiger charge is 2.06. The summed E-state index contributed by atoms with van der Waals surface area (Å²) in [7, 11) is 1.66. The first-order chi connectivity index (χ1) is 8.13. The molecule has 1 aromatic carbocycles. The van der Waals surface area contributed by atoms with Gasteiger partial charge in [-0.25, -0.2) is 0 Å². The number of ether oxygens (including phenoxy) is 1. The zero-order valence-corrected chi connectivity index (χ0v) is 11.6. The summed E-state index contributed by atoms with van der Waals surface area (Å²) in [6.45, 7) is 2.89. The van der Waals surface area contributed by atoms with Gasteiger partial charge in [0, 0.05) is 26.1 Å². The second kappa shape index (κ2) is 8.91. The molecule has 0 saturated heterocycles. The topological polar surface area (TPSA) is 64.3 Å². The first-order valence-corrected chi connectivity index (χ1v) is 5.71. The highest BCUT2D eigenvalue weighted by Crippen LogP contribution is 2.09. The molecule has 0 saturated carbocycles. The van der Waals surface area contributed by atoms with Gasteiger partial charge in [-0.05, 0) is 18.1 Å². The van der Waals surface area contributed by atoms with Crippen LogP contribution in [-0.4, -0.2) is 19.1 Å². The van der Waals surface area contributed by atoms with E-state index in [-0.39, 0.29) is 24.4 Å². The molecular formula is C13H21ClN2O2. The molecule has 0 fully saturated rings. The van der Waals surface area contributed by atoms with Crippen molar-refractivity contribution in [1.29, 1.82) is 0 Å². The SMILES string of the molecule is COCc1ccccc1CNC(=O)CC(C)N.Cl. The van der Waals surface area contributed by atoms with Gasteiger partial charge in [-0.15, -0.1) is 12.4 Å². The summed E-state index contributed by atoms with van der Waals surface area (Å²) in [4.78, 5) is 11.5. The van der Waals surface area contributed by atoms with Crippen molar-refractivity contribution in [3.05, 3.63) is 35.4 Å². The monoisotopic (exact) mass is 272 g/mol. The molecule has 3 N–H and O–H groups in total. The predicted molar refractivity (Wildman–Crippen MR) is 74.5 cm³/mol. The average molecular weight is 273 g/mol. The number of rotatable bonds is 6. The van der Waals surface area contributed by atoms with Gasteiger partial charge in [0.15, 0.2) is 0 Å². The number of amides is 1. The standard InChI is InChI=1S/C13H20N2O2.ClH/c1-10(14)7-13(16)15-8-11-5-3-4-6-12(11)9-17-2;/h3-6,10H,7-9,14H2,1-2H3,(H,15,16);1H. The maximum absolute atomic E-state index is 11.5. The number of nitrogens with one attached hydrogen (secondary N) is 1. The Morgan fingerprint density at radius 3 is 2.56 bits per heavy atom. The number of hydrogen-bond acceptors (Lipinski definition) is 3. The summed E-state index contributed by atoms with van der Waals surface area (Å²) in [5.74, 6) is -0.0211. The van der Waals surface area contributed by atoms with E-state index in [4.69, 9.17) is 10.5 Å². The molecule has 1 amide bonds. The molecule has 4 nitrogen and oxygen atoms in total. The van der Waals surface area contributed by atoms with Gasteiger partial charge in [-0.2, -0.15) is 0 Å². The van der Waals surface area contributed by atoms with E-state index in [1.54, 1.807) is 7.11 Å². The second-order valence-electron chi connectivity index (χ2n) is 4.16. The third-order valence-electron chi connectivity index (χ3n) is 2.40. The molecule has 0 aliphatic rings. The van der Waals surface area contributed by atoms with Crippen molar-refractivity contribution in [1.82, 2.24) is 5.32 Å². The number of nitrogens with two attached hydrogens (primary N) is 1. The fourth-order valence-electron chi connectivity index (χ4n) is 1.58. The van der Waals surface area contributed by atoms with Crippen molar-refractivity contribution >= 4 is 18.3 Å². The molecule has 0 aliphatic heterocycles. The van der Waals surface area contributed by atoms with Crippen LogP contribution in [0.25, 0.3) is 0 Å². The fraction of sp³-hybridized carbons (Fsp3) is 0.462. The summed E-state index contributed by atoms with van der Waals surface area (Å²) >= 11 is 0. The Morgan fingerprint density at radius 1 is 1.39 bits per heavy atom. The van der Waals surface area contributed by atoms with Gasteiger partial charge in [0.2, 0.25) is 5.91 Å². The Kier molecular flexibility index (Phi) is 8.37. The first-order valence-electron chi connectivity index (χ1n) is 5.71. The van der Waals surface area contributed by atoms with Gasteiger partial charge in [0.25, 0.3) is 0 Å². The smallest absolute Gasteiger partial charge is 0.221 e. The fourth-order valence-corrected chi connectivity index (χ4v) is 1.58. The van der Waals surface area contributed by atoms with Crippen LogP contribution < -0.4 is 11.1 Å². The minimum atomic E-state index is -0.107. The van der Waals surface area contributed by atoms with Crippen LogP contribution in [0.2, 0.25) is 0 Å². The van der Waals surface area contributed by atoms with Crippen LogP contribution in [0, 0.1) is 0 Å². The largest absolute Gasteiger partial charge is 0.380 e. The maximum atomic E-state index is 11.5. The van der Waals surface area contributed by atoms with E-state index in [0.29, 0.717) is 19.6 Å². The Balaban J connectivity index is 0.00000289. The van der Waals surface area contributed by atoms with Crippen LogP contribution in [0.4, 0.5) is 0 Å². The van der Waals surface area contributed by atoms with Crippen molar-refractivity contribution in [2.75, 3.05) is 7.11 Å². The van der Waals surface area contributed by atoms with E-state index in [1.165, 1.54) is 0 Å². The quantitative estimate of drug-likeness (QED) is 0.827. The van der Waals surface area contributed by atoms with Crippen molar-refractivity contribution in [2.45, 2.75) is 32.5 Å². The van der Waals surface area contributed by atoms with Crippen LogP contribution in [0.1, 0.15) is 24.5 Å². The molecule has 0 spiro atoms. The number of carbonyl (C=O) groups excluding carboxylic acids is 1. The zero-order chi connectivity index (χ0) is 12.7. The van der Waals surface area contributed by atoms with E-state index < -0.39 is 0 Å². The second-order valence-corrected chi connectivity index (χ2v) is 4.16. The normalized spacial score (nSPS) is 11.5. The van der Waals surface area contributed by atoms with Crippen LogP contribution in [0.3, 0.4) is 0 Å². The van der Waals surface area contributed by atoms with Crippen molar-refractivity contribution < 1.29 is 9.53 Å². The third-order valence-corrected chi connectivity index (χ3v) is 2.40. The van der Waals surface area contributed by atoms with Gasteiger partial charge in [0.05, 0.1) is 6.61 Å². The minimum Gasteiger partial charge on any atom is -0.380 e. The molecule has 0 bridgehead atoms. The molecule has 18 heavy (non-hydrogen) atoms. The lowest BCUT2D eigenvalue weighted by Gasteiger charge is -2.11. The molecule has 5 heteroatoms. The average Bonchev–Trinajstić information content (AvgIpc) is 2.27. The lowest BCUT2D eigenvalue weighted by atomic mass is 10.1. The lowest BCUT2D eigenvalue weighted by Crippen LogP contribution is -2.29. The Hall–Kier alpha value is -1.10. The van der Waals surface area contributed by atoms with Crippen LogP contribution >= 0.6 is 12.4 Å². The van der Waals surface area contributed by atoms with Gasteiger partial charge in [-0.1, -0.05) is 24.3 Å². The van der Waals surface area contributed by atoms with Crippen molar-refractivity contribution in [2.24, 2.45) is 5.73 Å². The lowest BCUT2D eigenvalue weighted by molar-refractivity contribution is -0.121. The Labute approximate surface area is 114 Å². The van der Waals surface area contributed by atoms with Gasteiger partial charge < -0.3 is 15.8 Å². The summed E-state index contributed by atoms with van der Waals surface area (Å²) in [5.41, 5.74) is 7.73. The molecule has 0 aliphatic carbocycles. The molecule has 0 radical (unpaired) electrons. The number of benzene rings is 1. The summed E-state index contributed by atoms with van der Waals surface area (Å²) < 4.78 is 5.11. The highest BCUT2D eigenvalue weighted by molar-refractivity contribution is 5.85. The molecule has 1 unspecified atom stereocenters. The molecule has 0 aromatic heterocycles. The van der Waals surface area contributed by atoms with E-state index >= 15 is 0 Å². The third kappa shape index (κ3) is 6.00. The first kappa shape index (κ1) is 16.9. The number of carbonyl (C=O) groups is 1. The van der Waals surface area contributed by atoms with E-state index in [9.17, 15) is 4.79 Å². The summed E-state index contributed by atoms with van der Waals surface area (Å²) in [6, 6.07) is 7.79. The molecule has 1 atom stereocenters. The Morgan fingerprint density at radius 2 is 2.00 bits per heavy atom. The van der Waals surface area contributed by atoms with Crippen molar-refractivity contribution in [3.8, 4) is 0 Å². The molecule has 102 valence electrons. The van der Waals surface area contributed by atoms with Crippen LogP contribution in [0.15, 0.2) is 24.3 Å². The Bertz CT molecular complexity index is 370. The molecular weight excluding hydrogens is 252 g/mol. The zero-order valence-electron chi connectivity index (χ0n) is 10.8. The number of hydrogen-bond donors (Lipinski definition) is 2. The number of halogens is 1. The highest BCUT2D eigenvalue weighted by atomic mass is 35.5. The van der Waals surface area contributed by atoms with Crippen LogP contribution in [-0.2, 0) is 22.7 Å². The number of methoxy groups -OCH3 is 1. The maximum Gasteiger partial charge on any atom is 0.221 e. The predicted octanol–water partition coefficient (Wildman–Crippen LogP) is 1.61. The van der Waals surface area contributed by atoms with E-state index in [2.05, 4.69) is 5.32 Å². The minimum absolute atomic E-state index is 0. The van der Waals surface area contributed by atoms with Crippen molar-refractivity contribution in [3.63, 3.8) is 0 Å². The van der Waals surface area contributed by atoms with E-state index in [1.807, 2.05) is 31.2 Å². The van der Waals surface area contributed by atoms with Crippen LogP contribution in [0.5, 0.6) is 0 Å². The van der Waals surface area contributed by atoms with Gasteiger partial charge >= 0.3 is 0 Å². The summed E-state index contributed by atoms with van der Waals surface area (Å²) in [6.07, 6.45) is 0.354. The van der Waals surface area contributed by atoms with Gasteiger partial charge in [-0.3, -0.25) is 4.79 Å². The van der Waals surface area contributed by atoms with Gasteiger partial charge in [0.1, 0.15) is 0 Å².